The van der Waals surface area contributed by atoms with Crippen LogP contribution in [0.4, 0.5) is 0 Å². The molecule has 27 heavy (non-hydrogen) atoms. The van der Waals surface area contributed by atoms with E-state index in [1.165, 1.54) is 0 Å². The minimum atomic E-state index is -0.203. The zero-order chi connectivity index (χ0) is 18.6. The van der Waals surface area contributed by atoms with Crippen LogP contribution in [-0.2, 0) is 6.42 Å². The van der Waals surface area contributed by atoms with Crippen molar-refractivity contribution >= 4 is 22.5 Å². The van der Waals surface area contributed by atoms with Crippen LogP contribution in [0.15, 0.2) is 65.9 Å². The highest BCUT2D eigenvalue weighted by Gasteiger charge is 2.13. The predicted molar refractivity (Wildman–Crippen MR) is 101 cm³/mol. The summed E-state index contributed by atoms with van der Waals surface area (Å²) in [7, 11) is 0. The van der Waals surface area contributed by atoms with Gasteiger partial charge in [-0.2, -0.15) is 0 Å². The fraction of sp³-hybridized carbons (Fsp3) is 0.150. The molecule has 3 heterocycles. The van der Waals surface area contributed by atoms with Gasteiger partial charge < -0.3 is 14.5 Å². The molecular weight excluding hydrogens is 344 g/mol. The number of furan rings is 1. The monoisotopic (exact) mass is 362 g/mol. The van der Waals surface area contributed by atoms with Gasteiger partial charge >= 0.3 is 0 Å². The van der Waals surface area contributed by atoms with E-state index in [9.17, 15) is 4.79 Å². The van der Waals surface area contributed by atoms with Crippen molar-refractivity contribution in [2.45, 2.75) is 6.42 Å². The lowest BCUT2D eigenvalue weighted by molar-refractivity contribution is 0.0953. The Hall–Kier alpha value is -3.61. The Labute approximate surface area is 155 Å². The van der Waals surface area contributed by atoms with Gasteiger partial charge in [-0.1, -0.05) is 18.7 Å². The first-order valence-electron chi connectivity index (χ1n) is 8.58. The molecule has 0 aliphatic carbocycles. The Morgan fingerprint density at radius 1 is 1.30 bits per heavy atom. The lowest BCUT2D eigenvalue weighted by Gasteiger charge is -2.09. The number of hydrogen-bond acceptors (Lipinski definition) is 5. The second-order valence-electron chi connectivity index (χ2n) is 5.96. The Morgan fingerprint density at radius 2 is 2.22 bits per heavy atom. The van der Waals surface area contributed by atoms with Crippen LogP contribution in [0.2, 0.25) is 0 Å². The van der Waals surface area contributed by atoms with Gasteiger partial charge in [-0.15, -0.1) is 10.2 Å². The quantitative estimate of drug-likeness (QED) is 0.511. The first kappa shape index (κ1) is 16.8. The average Bonchev–Trinajstić information content (AvgIpc) is 3.33. The summed E-state index contributed by atoms with van der Waals surface area (Å²) >= 11 is 0. The number of ether oxygens (including phenoxy) is 1. The van der Waals surface area contributed by atoms with Crippen molar-refractivity contribution in [2.75, 3.05) is 13.2 Å². The SMILES string of the molecule is C=CCOc1cc(C(=O)NCCc2nnc3ccccn23)cc2occc12. The molecule has 4 aromatic rings. The Kier molecular flexibility index (Phi) is 4.57. The summed E-state index contributed by atoms with van der Waals surface area (Å²) in [6.07, 6.45) is 5.70. The van der Waals surface area contributed by atoms with E-state index in [0.717, 1.165) is 16.9 Å². The molecule has 0 spiro atoms. The van der Waals surface area contributed by atoms with E-state index in [2.05, 4.69) is 22.1 Å². The summed E-state index contributed by atoms with van der Waals surface area (Å²) in [5.74, 6) is 1.18. The van der Waals surface area contributed by atoms with Crippen molar-refractivity contribution < 1.29 is 13.9 Å². The molecule has 136 valence electrons. The van der Waals surface area contributed by atoms with Gasteiger partial charge in [0.2, 0.25) is 0 Å². The minimum absolute atomic E-state index is 0.203. The van der Waals surface area contributed by atoms with Crippen molar-refractivity contribution in [3.05, 3.63) is 72.9 Å². The van der Waals surface area contributed by atoms with Crippen LogP contribution in [-0.4, -0.2) is 33.7 Å². The number of nitrogens with one attached hydrogen (secondary N) is 1. The summed E-state index contributed by atoms with van der Waals surface area (Å²) in [5, 5.41) is 12.0. The van der Waals surface area contributed by atoms with Crippen LogP contribution in [0.25, 0.3) is 16.6 Å². The number of carbonyl (C=O) groups excluding carboxylic acids is 1. The van der Waals surface area contributed by atoms with Crippen LogP contribution < -0.4 is 10.1 Å². The summed E-state index contributed by atoms with van der Waals surface area (Å²) in [6.45, 7) is 4.44. The van der Waals surface area contributed by atoms with Gasteiger partial charge in [-0.3, -0.25) is 9.20 Å². The number of pyridine rings is 1. The summed E-state index contributed by atoms with van der Waals surface area (Å²) in [6, 6.07) is 10.9. The van der Waals surface area contributed by atoms with Gasteiger partial charge in [-0.05, 0) is 30.3 Å². The van der Waals surface area contributed by atoms with Gasteiger partial charge in [-0.25, -0.2) is 0 Å². The second-order valence-corrected chi connectivity index (χ2v) is 5.96. The number of nitrogens with zero attached hydrogens (tertiary/aromatic N) is 3. The predicted octanol–water partition coefficient (Wildman–Crippen LogP) is 3.01. The third kappa shape index (κ3) is 3.39. The molecule has 0 saturated carbocycles. The summed E-state index contributed by atoms with van der Waals surface area (Å²) in [5.41, 5.74) is 1.86. The molecule has 4 rings (SSSR count). The van der Waals surface area contributed by atoms with Gasteiger partial charge in [0, 0.05) is 24.7 Å². The van der Waals surface area contributed by atoms with E-state index in [4.69, 9.17) is 9.15 Å². The zero-order valence-electron chi connectivity index (χ0n) is 14.6. The zero-order valence-corrected chi connectivity index (χ0v) is 14.6. The van der Waals surface area contributed by atoms with E-state index in [-0.39, 0.29) is 5.91 Å². The highest BCUT2D eigenvalue weighted by Crippen LogP contribution is 2.28. The van der Waals surface area contributed by atoms with Crippen molar-refractivity contribution in [1.29, 1.82) is 0 Å². The molecule has 0 aliphatic heterocycles. The topological polar surface area (TPSA) is 81.7 Å². The molecule has 0 atom stereocenters. The largest absolute Gasteiger partial charge is 0.489 e. The highest BCUT2D eigenvalue weighted by atomic mass is 16.5. The first-order chi connectivity index (χ1) is 13.3. The third-order valence-corrected chi connectivity index (χ3v) is 4.17. The molecule has 7 nitrogen and oxygen atoms in total. The van der Waals surface area contributed by atoms with Crippen LogP contribution in [0.3, 0.4) is 0 Å². The van der Waals surface area contributed by atoms with E-state index in [1.54, 1.807) is 24.5 Å². The number of carbonyl (C=O) groups is 1. The van der Waals surface area contributed by atoms with E-state index >= 15 is 0 Å². The van der Waals surface area contributed by atoms with Gasteiger partial charge in [0.1, 0.15) is 23.8 Å². The van der Waals surface area contributed by atoms with Gasteiger partial charge in [0.25, 0.3) is 5.91 Å². The molecule has 1 amide bonds. The normalized spacial score (nSPS) is 11.0. The Balaban J connectivity index is 1.47. The van der Waals surface area contributed by atoms with Gasteiger partial charge in [0.15, 0.2) is 5.65 Å². The minimum Gasteiger partial charge on any atom is -0.489 e. The molecule has 1 N–H and O–H groups in total. The average molecular weight is 362 g/mol. The Morgan fingerprint density at radius 3 is 3.11 bits per heavy atom. The maximum atomic E-state index is 12.6. The third-order valence-electron chi connectivity index (χ3n) is 4.17. The van der Waals surface area contributed by atoms with Crippen molar-refractivity contribution in [1.82, 2.24) is 19.9 Å². The highest BCUT2D eigenvalue weighted by molar-refractivity contribution is 5.99. The number of benzene rings is 1. The van der Waals surface area contributed by atoms with Crippen LogP contribution in [0.5, 0.6) is 5.75 Å². The fourth-order valence-electron chi connectivity index (χ4n) is 2.89. The van der Waals surface area contributed by atoms with E-state index in [0.29, 0.717) is 36.5 Å². The number of aromatic nitrogens is 3. The lowest BCUT2D eigenvalue weighted by atomic mass is 10.1. The molecule has 1 aromatic carbocycles. The number of fused-ring (bicyclic) bond motifs is 2. The number of amides is 1. The molecule has 3 aromatic heterocycles. The standard InChI is InChI=1S/C20H18N4O3/c1-2-10-26-16-12-14(13-17-15(16)7-11-27-17)20(25)21-8-6-19-23-22-18-5-3-4-9-24(18)19/h2-5,7,9,11-13H,1,6,8,10H2,(H,21,25). The van der Waals surface area contributed by atoms with Crippen molar-refractivity contribution in [3.8, 4) is 5.75 Å². The van der Waals surface area contributed by atoms with Crippen LogP contribution in [0.1, 0.15) is 16.2 Å². The molecule has 0 radical (unpaired) electrons. The lowest BCUT2D eigenvalue weighted by Crippen LogP contribution is -2.26. The maximum absolute atomic E-state index is 12.6. The summed E-state index contributed by atoms with van der Waals surface area (Å²) in [4.78, 5) is 12.6. The molecule has 0 fully saturated rings. The van der Waals surface area contributed by atoms with Gasteiger partial charge in [0.05, 0.1) is 11.6 Å². The van der Waals surface area contributed by atoms with E-state index in [1.807, 2.05) is 34.9 Å². The number of hydrogen-bond donors (Lipinski definition) is 1. The molecule has 0 aliphatic rings. The molecule has 7 heteroatoms. The first-order valence-corrected chi connectivity index (χ1v) is 8.58. The fourth-order valence-corrected chi connectivity index (χ4v) is 2.89. The number of rotatable bonds is 7. The Bertz CT molecular complexity index is 1110. The van der Waals surface area contributed by atoms with Crippen LogP contribution >= 0.6 is 0 Å². The summed E-state index contributed by atoms with van der Waals surface area (Å²) < 4.78 is 13.0. The second kappa shape index (κ2) is 7.33. The van der Waals surface area contributed by atoms with Crippen molar-refractivity contribution in [3.63, 3.8) is 0 Å². The van der Waals surface area contributed by atoms with E-state index < -0.39 is 0 Å². The molecular formula is C20H18N4O3. The maximum Gasteiger partial charge on any atom is 0.251 e. The molecule has 0 bridgehead atoms. The van der Waals surface area contributed by atoms with Crippen molar-refractivity contribution in [2.24, 2.45) is 0 Å². The van der Waals surface area contributed by atoms with Crippen LogP contribution in [0, 0.1) is 0 Å². The smallest absolute Gasteiger partial charge is 0.251 e. The molecule has 0 unspecified atom stereocenters. The molecule has 0 saturated heterocycles.